The van der Waals surface area contributed by atoms with Gasteiger partial charge in [-0.25, -0.2) is 0 Å². The highest BCUT2D eigenvalue weighted by atomic mass is 32.2. The summed E-state index contributed by atoms with van der Waals surface area (Å²) in [5.41, 5.74) is 3.01. The second-order valence-corrected chi connectivity index (χ2v) is 10.0. The normalized spacial score (nSPS) is 18.5. The third-order valence-electron chi connectivity index (χ3n) is 6.71. The van der Waals surface area contributed by atoms with Gasteiger partial charge in [-0.2, -0.15) is 0 Å². The molecular formula is C28H37N2O5S-. The summed E-state index contributed by atoms with van der Waals surface area (Å²) in [5, 5.41) is 14.7. The van der Waals surface area contributed by atoms with Crippen molar-refractivity contribution in [3.63, 3.8) is 0 Å². The Bertz CT molecular complexity index is 1200. The van der Waals surface area contributed by atoms with Crippen LogP contribution in [-0.4, -0.2) is 46.1 Å². The molecule has 2 fully saturated rings. The van der Waals surface area contributed by atoms with Crippen LogP contribution in [0, 0.1) is 0 Å². The predicted molar refractivity (Wildman–Crippen MR) is 146 cm³/mol. The summed E-state index contributed by atoms with van der Waals surface area (Å²) >= 11 is -2.24. The molecule has 1 unspecified atom stereocenters. The topological polar surface area (TPSA) is 111 Å². The van der Waals surface area contributed by atoms with Gasteiger partial charge in [0.1, 0.15) is 5.75 Å². The van der Waals surface area contributed by atoms with Gasteiger partial charge in [0.15, 0.2) is 0 Å². The Morgan fingerprint density at radius 3 is 2.39 bits per heavy atom. The minimum Gasteiger partial charge on any atom is -0.768 e. The van der Waals surface area contributed by atoms with E-state index >= 15 is 0 Å². The Kier molecular flexibility index (Phi) is 8.53. The Labute approximate surface area is 218 Å². The molecule has 1 aliphatic heterocycles. The largest absolute Gasteiger partial charge is 0.768 e. The predicted octanol–water partition coefficient (Wildman–Crippen LogP) is 4.74. The van der Waals surface area contributed by atoms with Gasteiger partial charge < -0.3 is 25.0 Å². The summed E-state index contributed by atoms with van der Waals surface area (Å²) in [6.07, 6.45) is 4.01. The fourth-order valence-corrected chi connectivity index (χ4v) is 4.74. The highest BCUT2D eigenvalue weighted by molar-refractivity contribution is 7.79. The molecule has 3 aromatic rings. The molecule has 1 saturated heterocycles. The number of aliphatic hydroxyl groups is 1. The van der Waals surface area contributed by atoms with Crippen LogP contribution in [0.2, 0.25) is 0 Å². The van der Waals surface area contributed by atoms with E-state index in [0.717, 1.165) is 48.2 Å². The van der Waals surface area contributed by atoms with Crippen molar-refractivity contribution in [3.05, 3.63) is 78.4 Å². The summed E-state index contributed by atoms with van der Waals surface area (Å²) < 4.78 is 27.2. The van der Waals surface area contributed by atoms with Crippen molar-refractivity contribution < 1.29 is 27.7 Å². The van der Waals surface area contributed by atoms with Crippen LogP contribution in [-0.2, 0) is 21.3 Å². The Hall–Kier alpha value is -3.04. The molecule has 196 valence electrons. The Balaban J connectivity index is 0.000000667. The highest BCUT2D eigenvalue weighted by Gasteiger charge is 2.51. The molecule has 1 heterocycles. The van der Waals surface area contributed by atoms with Gasteiger partial charge in [0.2, 0.25) is 5.91 Å². The molecule has 0 aromatic heterocycles. The van der Waals surface area contributed by atoms with Crippen LogP contribution in [0.4, 0.5) is 5.69 Å². The lowest BCUT2D eigenvalue weighted by Gasteiger charge is -2.17. The molecule has 36 heavy (non-hydrogen) atoms. The number of hydrogen-bond donors (Lipinski definition) is 3. The van der Waals surface area contributed by atoms with E-state index in [1.54, 1.807) is 31.4 Å². The molecule has 2 atom stereocenters. The maximum absolute atomic E-state index is 13.0. The van der Waals surface area contributed by atoms with Crippen molar-refractivity contribution >= 4 is 22.7 Å². The molecule has 3 aromatic carbocycles. The quantitative estimate of drug-likeness (QED) is 0.394. The maximum Gasteiger partial charge on any atom is 0.235 e. The van der Waals surface area contributed by atoms with Crippen molar-refractivity contribution in [1.82, 2.24) is 5.32 Å². The zero-order chi connectivity index (χ0) is 25.5. The number of rotatable bonds is 7. The second kappa shape index (κ2) is 11.8. The third-order valence-corrected chi connectivity index (χ3v) is 7.37. The molecule has 3 N–H and O–H groups in total. The minimum absolute atomic E-state index is 0. The van der Waals surface area contributed by atoms with Gasteiger partial charge in [0.05, 0.1) is 19.1 Å². The van der Waals surface area contributed by atoms with Crippen LogP contribution in [0.1, 0.15) is 35.5 Å². The first-order valence-corrected chi connectivity index (χ1v) is 13.1. The van der Waals surface area contributed by atoms with Crippen LogP contribution in [0.3, 0.4) is 0 Å². The average molecular weight is 514 g/mol. The monoisotopic (exact) mass is 513 g/mol. The summed E-state index contributed by atoms with van der Waals surface area (Å²) in [5.74, 6) is 0.751. The van der Waals surface area contributed by atoms with Gasteiger partial charge in [0.25, 0.3) is 0 Å². The van der Waals surface area contributed by atoms with Crippen LogP contribution < -0.4 is 15.4 Å². The summed E-state index contributed by atoms with van der Waals surface area (Å²) in [4.78, 5) is 13.3. The molecule has 1 aliphatic carbocycles. The first-order valence-electron chi connectivity index (χ1n) is 12.1. The highest BCUT2D eigenvalue weighted by Crippen LogP contribution is 2.49. The van der Waals surface area contributed by atoms with E-state index in [1.807, 2.05) is 48.5 Å². The van der Waals surface area contributed by atoms with E-state index in [1.165, 1.54) is 6.42 Å². The number of benzene rings is 3. The number of aliphatic hydroxyl groups excluding tert-OH is 1. The van der Waals surface area contributed by atoms with Gasteiger partial charge >= 0.3 is 0 Å². The zero-order valence-electron chi connectivity index (χ0n) is 20.2. The number of hydrogen-bond acceptors (Lipinski definition) is 6. The number of methoxy groups -OCH3 is 1. The molecule has 7 nitrogen and oxygen atoms in total. The van der Waals surface area contributed by atoms with Gasteiger partial charge in [-0.1, -0.05) is 36.4 Å². The van der Waals surface area contributed by atoms with Gasteiger partial charge in [0, 0.05) is 20.9 Å². The molecule has 0 bridgehead atoms. The van der Waals surface area contributed by atoms with E-state index in [-0.39, 0.29) is 15.1 Å². The van der Waals surface area contributed by atoms with E-state index in [4.69, 9.17) is 9.84 Å². The van der Waals surface area contributed by atoms with E-state index in [0.29, 0.717) is 18.3 Å². The van der Waals surface area contributed by atoms with Gasteiger partial charge in [-0.3, -0.25) is 9.00 Å². The van der Waals surface area contributed by atoms with Crippen molar-refractivity contribution in [3.8, 4) is 16.9 Å². The van der Waals surface area contributed by atoms with Crippen molar-refractivity contribution in [2.75, 3.05) is 25.6 Å². The smallest absolute Gasteiger partial charge is 0.235 e. The van der Waals surface area contributed by atoms with E-state index < -0.39 is 16.5 Å². The molecule has 0 radical (unpaired) electrons. The third kappa shape index (κ3) is 6.20. The molecule has 0 spiro atoms. The number of carbonyl (C=O) groups excluding carboxylic acids is 1. The van der Waals surface area contributed by atoms with E-state index in [2.05, 4.69) is 10.6 Å². The van der Waals surface area contributed by atoms with Gasteiger partial charge in [-0.05, 0) is 96.4 Å². The van der Waals surface area contributed by atoms with Crippen LogP contribution in [0.15, 0.2) is 77.7 Å². The Morgan fingerprint density at radius 1 is 1.14 bits per heavy atom. The second-order valence-electron chi connectivity index (χ2n) is 9.08. The van der Waals surface area contributed by atoms with Crippen molar-refractivity contribution in [2.45, 2.75) is 42.0 Å². The lowest BCUT2D eigenvalue weighted by atomic mass is 9.94. The maximum atomic E-state index is 13.0. The number of anilines is 1. The fraction of sp³-hybridized carbons (Fsp3) is 0.321. The van der Waals surface area contributed by atoms with E-state index in [9.17, 15) is 13.6 Å². The summed E-state index contributed by atoms with van der Waals surface area (Å²) in [6, 6.07) is 22.2. The number of amides is 1. The fourth-order valence-electron chi connectivity index (χ4n) is 4.38. The summed E-state index contributed by atoms with van der Waals surface area (Å²) in [7, 11) is 1.62. The zero-order valence-corrected chi connectivity index (χ0v) is 21.1. The molecule has 8 heteroatoms. The lowest BCUT2D eigenvalue weighted by molar-refractivity contribution is -0.118. The molecular weight excluding hydrogens is 476 g/mol. The number of ether oxygens (including phenoxy) is 1. The molecule has 2 aliphatic rings. The van der Waals surface area contributed by atoms with Crippen LogP contribution in [0.5, 0.6) is 5.75 Å². The van der Waals surface area contributed by atoms with Crippen LogP contribution >= 0.6 is 0 Å². The number of carbonyl (C=O) groups is 1. The first kappa shape index (κ1) is 26.0. The number of nitrogens with one attached hydrogen (secondary N) is 2. The first-order chi connectivity index (χ1) is 17.4. The van der Waals surface area contributed by atoms with Crippen molar-refractivity contribution in [2.24, 2.45) is 0 Å². The lowest BCUT2D eigenvalue weighted by Crippen LogP contribution is -2.27. The Morgan fingerprint density at radius 2 is 1.86 bits per heavy atom. The minimum atomic E-state index is -2.24. The SMILES string of the molecule is COc1ccc(C2(C(=O)Nc3cccc(-c4ccc(S(=O)[O-])cc4)c3)CC2)cc1.OC[C@H]1CCCN1.[HH].[HH].[HH]. The van der Waals surface area contributed by atoms with Gasteiger partial charge in [-0.15, -0.1) is 0 Å². The van der Waals surface area contributed by atoms with Crippen LogP contribution in [0.25, 0.3) is 11.1 Å². The summed E-state index contributed by atoms with van der Waals surface area (Å²) in [6.45, 7) is 1.39. The van der Waals surface area contributed by atoms with Crippen molar-refractivity contribution in [1.29, 1.82) is 0 Å². The average Bonchev–Trinajstić information content (AvgIpc) is 3.56. The molecule has 1 saturated carbocycles. The standard InChI is InChI=1S/C23H21NO4S.C5H11NO.3H2/c1-28-20-9-7-18(8-10-20)23(13-14-23)22(25)24-19-4-2-3-17(15-19)16-5-11-21(12-6-16)29(26)27;7-4-5-2-1-3-6-5;;;/h2-12,15H,13-14H2,1H3,(H,24,25)(H,26,27);5-7H,1-4H2;3*1H/p-1/t;5-;;;/m.1.../s1. The molecule has 1 amide bonds. The molecule has 5 rings (SSSR count).